The predicted octanol–water partition coefficient (Wildman–Crippen LogP) is 2.01. The van der Waals surface area contributed by atoms with Gasteiger partial charge in [-0.05, 0) is 19.4 Å². The van der Waals surface area contributed by atoms with Gasteiger partial charge in [-0.25, -0.2) is 9.97 Å². The van der Waals surface area contributed by atoms with E-state index in [1.165, 1.54) is 5.39 Å². The summed E-state index contributed by atoms with van der Waals surface area (Å²) in [5, 5.41) is 1.19. The molecule has 13 heavy (non-hydrogen) atoms. The quantitative estimate of drug-likeness (QED) is 0.699. The van der Waals surface area contributed by atoms with Gasteiger partial charge in [0.2, 0.25) is 0 Å². The van der Waals surface area contributed by atoms with Gasteiger partial charge in [-0.1, -0.05) is 6.92 Å². The van der Waals surface area contributed by atoms with E-state index in [1.807, 2.05) is 0 Å². The Balaban J connectivity index is 2.72. The van der Waals surface area contributed by atoms with Crippen molar-refractivity contribution in [3.63, 3.8) is 0 Å². The van der Waals surface area contributed by atoms with Crippen molar-refractivity contribution < 1.29 is 0 Å². The van der Waals surface area contributed by atoms with Gasteiger partial charge in [0.1, 0.15) is 12.0 Å². The number of fused-ring (bicyclic) bond motifs is 1. The maximum atomic E-state index is 4.27. The molecule has 0 fully saturated rings. The van der Waals surface area contributed by atoms with Gasteiger partial charge in [0.15, 0.2) is 0 Å². The second-order valence-corrected chi connectivity index (χ2v) is 3.01. The molecule has 0 bridgehead atoms. The highest BCUT2D eigenvalue weighted by Crippen LogP contribution is 2.15. The largest absolute Gasteiger partial charge is 0.333 e. The van der Waals surface area contributed by atoms with Crippen LogP contribution in [0.1, 0.15) is 19.5 Å². The van der Waals surface area contributed by atoms with Gasteiger partial charge in [0.25, 0.3) is 0 Å². The first-order valence-corrected chi connectivity index (χ1v) is 4.65. The lowest BCUT2D eigenvalue weighted by atomic mass is 10.2. The molecule has 3 nitrogen and oxygen atoms in total. The van der Waals surface area contributed by atoms with Crippen molar-refractivity contribution >= 4 is 11.0 Å². The van der Waals surface area contributed by atoms with Crippen LogP contribution in [0.25, 0.3) is 11.0 Å². The molecule has 0 aromatic carbocycles. The maximum absolute atomic E-state index is 4.27. The molecule has 0 amide bonds. The van der Waals surface area contributed by atoms with Crippen LogP contribution in [0.4, 0.5) is 0 Å². The number of hydrogen-bond acceptors (Lipinski definition) is 2. The number of hydrogen-bond donors (Lipinski definition) is 0. The lowest BCUT2D eigenvalue weighted by molar-refractivity contribution is 0.785. The van der Waals surface area contributed by atoms with Crippen molar-refractivity contribution in [2.45, 2.75) is 26.8 Å². The van der Waals surface area contributed by atoms with E-state index in [1.54, 1.807) is 6.33 Å². The van der Waals surface area contributed by atoms with Crippen LogP contribution in [0.5, 0.6) is 0 Å². The first kappa shape index (κ1) is 8.23. The maximum Gasteiger partial charge on any atom is 0.143 e. The minimum atomic E-state index is 0.962. The summed E-state index contributed by atoms with van der Waals surface area (Å²) in [6.07, 6.45) is 4.68. The van der Waals surface area contributed by atoms with Gasteiger partial charge >= 0.3 is 0 Å². The molecule has 0 saturated carbocycles. The highest BCUT2D eigenvalue weighted by molar-refractivity contribution is 5.78. The van der Waals surface area contributed by atoms with Crippen molar-refractivity contribution in [2.24, 2.45) is 0 Å². The van der Waals surface area contributed by atoms with Gasteiger partial charge in [-0.2, -0.15) is 0 Å². The molecule has 0 aliphatic heterocycles. The zero-order valence-electron chi connectivity index (χ0n) is 7.99. The van der Waals surface area contributed by atoms with Crippen LogP contribution in [0.3, 0.4) is 0 Å². The molecule has 0 atom stereocenters. The summed E-state index contributed by atoms with van der Waals surface area (Å²) >= 11 is 0. The standard InChI is InChI=1S/C10H13N3/c1-3-9-8-5-6-13(4-2)10(8)12-7-11-9/h5-7H,3-4H2,1-2H3. The van der Waals surface area contributed by atoms with E-state index in [0.29, 0.717) is 0 Å². The Bertz CT molecular complexity index is 417. The van der Waals surface area contributed by atoms with Gasteiger partial charge in [-0.15, -0.1) is 0 Å². The molecule has 0 spiro atoms. The van der Waals surface area contributed by atoms with E-state index in [9.17, 15) is 0 Å². The molecule has 3 heteroatoms. The number of nitrogens with zero attached hydrogens (tertiary/aromatic N) is 3. The zero-order chi connectivity index (χ0) is 9.26. The summed E-state index contributed by atoms with van der Waals surface area (Å²) in [7, 11) is 0. The van der Waals surface area contributed by atoms with Gasteiger partial charge < -0.3 is 4.57 Å². The summed E-state index contributed by atoms with van der Waals surface area (Å²) < 4.78 is 2.14. The molecule has 0 aliphatic carbocycles. The fourth-order valence-electron chi connectivity index (χ4n) is 1.59. The monoisotopic (exact) mass is 175 g/mol. The second-order valence-electron chi connectivity index (χ2n) is 3.01. The highest BCUT2D eigenvalue weighted by Gasteiger charge is 2.04. The third-order valence-corrected chi connectivity index (χ3v) is 2.31. The van der Waals surface area contributed by atoms with Crippen molar-refractivity contribution in [2.75, 3.05) is 0 Å². The lowest BCUT2D eigenvalue weighted by Gasteiger charge is -2.00. The first-order valence-electron chi connectivity index (χ1n) is 4.65. The number of aromatic nitrogens is 3. The summed E-state index contributed by atoms with van der Waals surface area (Å²) in [6, 6.07) is 2.09. The molecule has 0 saturated heterocycles. The van der Waals surface area contributed by atoms with Crippen molar-refractivity contribution in [3.05, 3.63) is 24.3 Å². The second kappa shape index (κ2) is 3.17. The Morgan fingerprint density at radius 1 is 1.31 bits per heavy atom. The molecule has 0 aliphatic rings. The Morgan fingerprint density at radius 2 is 2.15 bits per heavy atom. The molecule has 2 aromatic heterocycles. The van der Waals surface area contributed by atoms with E-state index in [4.69, 9.17) is 0 Å². The first-order chi connectivity index (χ1) is 6.36. The van der Waals surface area contributed by atoms with Crippen LogP contribution in [-0.2, 0) is 13.0 Å². The molecule has 2 heterocycles. The fourth-order valence-corrected chi connectivity index (χ4v) is 1.59. The summed E-state index contributed by atoms with van der Waals surface area (Å²) in [4.78, 5) is 8.52. The topological polar surface area (TPSA) is 30.7 Å². The molecule has 0 radical (unpaired) electrons. The molecule has 0 N–H and O–H groups in total. The summed E-state index contributed by atoms with van der Waals surface area (Å²) in [5.74, 6) is 0. The fraction of sp³-hybridized carbons (Fsp3) is 0.400. The SMILES string of the molecule is CCc1ncnc2c1ccn2CC. The van der Waals surface area contributed by atoms with Crippen LogP contribution in [-0.4, -0.2) is 14.5 Å². The smallest absolute Gasteiger partial charge is 0.143 e. The van der Waals surface area contributed by atoms with Crippen LogP contribution < -0.4 is 0 Å². The van der Waals surface area contributed by atoms with E-state index in [2.05, 4.69) is 40.6 Å². The van der Waals surface area contributed by atoms with Crippen LogP contribution in [0.15, 0.2) is 18.6 Å². The van der Waals surface area contributed by atoms with Crippen LogP contribution in [0, 0.1) is 0 Å². The third-order valence-electron chi connectivity index (χ3n) is 2.31. The van der Waals surface area contributed by atoms with Crippen LogP contribution in [0.2, 0.25) is 0 Å². The molecule has 2 aromatic rings. The van der Waals surface area contributed by atoms with E-state index in [-0.39, 0.29) is 0 Å². The minimum Gasteiger partial charge on any atom is -0.333 e. The molecule has 0 unspecified atom stereocenters. The predicted molar refractivity (Wildman–Crippen MR) is 52.6 cm³/mol. The molecular weight excluding hydrogens is 162 g/mol. The van der Waals surface area contributed by atoms with Crippen molar-refractivity contribution in [1.82, 2.24) is 14.5 Å². The Kier molecular flexibility index (Phi) is 2.00. The Morgan fingerprint density at radius 3 is 2.85 bits per heavy atom. The minimum absolute atomic E-state index is 0.962. The van der Waals surface area contributed by atoms with E-state index < -0.39 is 0 Å². The van der Waals surface area contributed by atoms with Gasteiger partial charge in [0, 0.05) is 18.1 Å². The van der Waals surface area contributed by atoms with Crippen LogP contribution >= 0.6 is 0 Å². The van der Waals surface area contributed by atoms with Crippen molar-refractivity contribution in [3.8, 4) is 0 Å². The van der Waals surface area contributed by atoms with Gasteiger partial charge in [-0.3, -0.25) is 0 Å². The lowest BCUT2D eigenvalue weighted by Crippen LogP contribution is -1.95. The average Bonchev–Trinajstić information content (AvgIpc) is 2.60. The average molecular weight is 175 g/mol. The van der Waals surface area contributed by atoms with E-state index in [0.717, 1.165) is 24.3 Å². The number of aryl methyl sites for hydroxylation is 2. The molecule has 2 rings (SSSR count). The van der Waals surface area contributed by atoms with Crippen molar-refractivity contribution in [1.29, 1.82) is 0 Å². The molecule has 68 valence electrons. The highest BCUT2D eigenvalue weighted by atomic mass is 15.0. The number of rotatable bonds is 2. The Hall–Kier alpha value is -1.38. The van der Waals surface area contributed by atoms with E-state index >= 15 is 0 Å². The van der Waals surface area contributed by atoms with Gasteiger partial charge in [0.05, 0.1) is 5.69 Å². The third kappa shape index (κ3) is 1.20. The zero-order valence-corrected chi connectivity index (χ0v) is 7.99. The summed E-state index contributed by atoms with van der Waals surface area (Å²) in [6.45, 7) is 5.20. The molecular formula is C10H13N3. The summed E-state index contributed by atoms with van der Waals surface area (Å²) in [5.41, 5.74) is 2.19. The normalized spacial score (nSPS) is 10.9. The Labute approximate surface area is 77.4 Å².